The van der Waals surface area contributed by atoms with Gasteiger partial charge in [-0.05, 0) is 46.5 Å². The smallest absolute Gasteiger partial charge is 0.172 e. The summed E-state index contributed by atoms with van der Waals surface area (Å²) in [4.78, 5) is 14.4. The minimum absolute atomic E-state index is 0.883. The highest BCUT2D eigenvalue weighted by Gasteiger charge is 2.24. The van der Waals surface area contributed by atoms with Crippen LogP contribution in [-0.4, -0.2) is 48.7 Å². The summed E-state index contributed by atoms with van der Waals surface area (Å²) in [6.45, 7) is 1.81. The molecule has 4 nitrogen and oxygen atoms in total. The molecule has 5 rings (SSSR count). The van der Waals surface area contributed by atoms with Gasteiger partial charge >= 0.3 is 0 Å². The summed E-state index contributed by atoms with van der Waals surface area (Å²) < 4.78 is 0. The molecule has 0 unspecified atom stereocenters. The number of nitrogens with zero attached hydrogens (tertiary/aromatic N) is 4. The third kappa shape index (κ3) is 4.76. The number of piperazine rings is 1. The molecule has 34 heavy (non-hydrogen) atoms. The molecule has 168 valence electrons. The molecule has 0 N–H and O–H groups in total. The van der Waals surface area contributed by atoms with Crippen molar-refractivity contribution in [3.05, 3.63) is 109 Å². The van der Waals surface area contributed by atoms with Crippen LogP contribution in [0.25, 0.3) is 22.3 Å². The van der Waals surface area contributed by atoms with Gasteiger partial charge in [0.2, 0.25) is 0 Å². The van der Waals surface area contributed by atoms with Crippen molar-refractivity contribution >= 4 is 23.0 Å². The van der Waals surface area contributed by atoms with E-state index in [2.05, 4.69) is 121 Å². The quantitative estimate of drug-likeness (QED) is 0.352. The van der Waals surface area contributed by atoms with E-state index in [0.29, 0.717) is 0 Å². The molecule has 1 heterocycles. The van der Waals surface area contributed by atoms with E-state index in [-0.39, 0.29) is 0 Å². The molecule has 4 aromatic carbocycles. The maximum Gasteiger partial charge on any atom is 0.172 e. The molecule has 1 saturated heterocycles. The van der Waals surface area contributed by atoms with Gasteiger partial charge in [0.15, 0.2) is 11.7 Å². The number of amidine groups is 2. The summed E-state index contributed by atoms with van der Waals surface area (Å²) in [6, 6.07) is 37.6. The van der Waals surface area contributed by atoms with E-state index >= 15 is 0 Å². The molecular formula is C30H28N4. The molecule has 0 bridgehead atoms. The number of likely N-dealkylation sites (N-methyl/N-ethyl adjacent to an activating group) is 2. The topological polar surface area (TPSA) is 31.2 Å². The third-order valence-corrected chi connectivity index (χ3v) is 6.11. The van der Waals surface area contributed by atoms with Crippen molar-refractivity contribution < 1.29 is 0 Å². The van der Waals surface area contributed by atoms with Crippen molar-refractivity contribution in [3.8, 4) is 22.3 Å². The first kappa shape index (κ1) is 21.7. The molecule has 1 fully saturated rings. The van der Waals surface area contributed by atoms with Crippen LogP contribution in [0.2, 0.25) is 0 Å². The van der Waals surface area contributed by atoms with Gasteiger partial charge in [-0.3, -0.25) is 0 Å². The summed E-state index contributed by atoms with van der Waals surface area (Å²) in [5.74, 6) is 1.77. The highest BCUT2D eigenvalue weighted by Crippen LogP contribution is 2.25. The van der Waals surface area contributed by atoms with Crippen LogP contribution >= 0.6 is 0 Å². The highest BCUT2D eigenvalue weighted by molar-refractivity contribution is 6.41. The lowest BCUT2D eigenvalue weighted by molar-refractivity contribution is 0.386. The third-order valence-electron chi connectivity index (χ3n) is 6.11. The van der Waals surface area contributed by atoms with Crippen LogP contribution in [0.4, 0.5) is 11.4 Å². The maximum absolute atomic E-state index is 5.00. The predicted molar refractivity (Wildman–Crippen MR) is 143 cm³/mol. The minimum Gasteiger partial charge on any atom is -0.355 e. The average molecular weight is 445 g/mol. The Morgan fingerprint density at radius 2 is 0.765 bits per heavy atom. The largest absolute Gasteiger partial charge is 0.355 e. The van der Waals surface area contributed by atoms with E-state index in [1.807, 2.05) is 12.1 Å². The average Bonchev–Trinajstić information content (AvgIpc) is 2.90. The lowest BCUT2D eigenvalue weighted by Crippen LogP contribution is -2.51. The molecule has 0 amide bonds. The number of benzene rings is 4. The molecule has 0 aliphatic carbocycles. The summed E-state index contributed by atoms with van der Waals surface area (Å²) in [6.07, 6.45) is 0. The van der Waals surface area contributed by atoms with E-state index in [4.69, 9.17) is 9.98 Å². The molecule has 0 aromatic heterocycles. The normalized spacial score (nSPS) is 16.3. The standard InChI is InChI=1S/C30H28N4/c1-33-21-22-34(2)30(32-28-19-15-26(16-20-28)24-11-7-4-8-12-24)29(33)31-27-17-13-25(14-18-27)23-9-5-3-6-10-23/h3-20H,21-22H2,1-2H3. The van der Waals surface area contributed by atoms with Crippen LogP contribution in [0.15, 0.2) is 119 Å². The van der Waals surface area contributed by atoms with Crippen molar-refractivity contribution in [1.29, 1.82) is 0 Å². The first-order valence-electron chi connectivity index (χ1n) is 11.6. The molecular weight excluding hydrogens is 416 g/mol. The fraction of sp³-hybridized carbons (Fsp3) is 0.133. The lowest BCUT2D eigenvalue weighted by atomic mass is 10.1. The predicted octanol–water partition coefficient (Wildman–Crippen LogP) is 6.66. The summed E-state index contributed by atoms with van der Waals surface area (Å²) >= 11 is 0. The molecule has 1 aliphatic heterocycles. The summed E-state index contributed by atoms with van der Waals surface area (Å²) in [5, 5.41) is 0. The van der Waals surface area contributed by atoms with E-state index in [1.165, 1.54) is 22.3 Å². The first-order chi connectivity index (χ1) is 16.7. The van der Waals surface area contributed by atoms with Crippen molar-refractivity contribution in [2.75, 3.05) is 27.2 Å². The van der Waals surface area contributed by atoms with E-state index < -0.39 is 0 Å². The Morgan fingerprint density at radius 1 is 0.441 bits per heavy atom. The molecule has 0 saturated carbocycles. The summed E-state index contributed by atoms with van der Waals surface area (Å²) in [5.41, 5.74) is 6.62. The maximum atomic E-state index is 5.00. The van der Waals surface area contributed by atoms with Crippen LogP contribution in [0.1, 0.15) is 0 Å². The second kappa shape index (κ2) is 9.75. The Balaban J connectivity index is 1.44. The van der Waals surface area contributed by atoms with Crippen LogP contribution in [0.5, 0.6) is 0 Å². The summed E-state index contributed by atoms with van der Waals surface area (Å²) in [7, 11) is 4.16. The van der Waals surface area contributed by atoms with E-state index in [9.17, 15) is 0 Å². The second-order valence-electron chi connectivity index (χ2n) is 8.54. The van der Waals surface area contributed by atoms with Gasteiger partial charge in [-0.15, -0.1) is 0 Å². The van der Waals surface area contributed by atoms with E-state index in [0.717, 1.165) is 36.1 Å². The van der Waals surface area contributed by atoms with Crippen LogP contribution in [0.3, 0.4) is 0 Å². The van der Waals surface area contributed by atoms with Gasteiger partial charge in [-0.2, -0.15) is 0 Å². The number of hydrogen-bond donors (Lipinski definition) is 0. The zero-order valence-electron chi connectivity index (χ0n) is 19.6. The molecule has 1 aliphatic rings. The lowest BCUT2D eigenvalue weighted by Gasteiger charge is -2.34. The van der Waals surface area contributed by atoms with Crippen molar-refractivity contribution in [2.45, 2.75) is 0 Å². The molecule has 4 aromatic rings. The van der Waals surface area contributed by atoms with Gasteiger partial charge in [-0.1, -0.05) is 84.9 Å². The van der Waals surface area contributed by atoms with Gasteiger partial charge in [0.25, 0.3) is 0 Å². The number of hydrogen-bond acceptors (Lipinski definition) is 2. The minimum atomic E-state index is 0.883. The van der Waals surface area contributed by atoms with Crippen molar-refractivity contribution in [2.24, 2.45) is 9.98 Å². The van der Waals surface area contributed by atoms with E-state index in [1.54, 1.807) is 0 Å². The fourth-order valence-electron chi connectivity index (χ4n) is 4.09. The Labute approximate surface area is 201 Å². The van der Waals surface area contributed by atoms with Crippen molar-refractivity contribution in [1.82, 2.24) is 9.80 Å². The molecule has 0 spiro atoms. The second-order valence-corrected chi connectivity index (χ2v) is 8.54. The SMILES string of the molecule is CN1CCN(C)C(=Nc2ccc(-c3ccccc3)cc2)C1=Nc1ccc(-c2ccccc2)cc1. The Bertz CT molecular complexity index is 1190. The van der Waals surface area contributed by atoms with Crippen LogP contribution in [0, 0.1) is 0 Å². The number of aliphatic imine (C=N–C) groups is 2. The molecule has 4 heteroatoms. The Hall–Kier alpha value is -4.18. The fourth-order valence-corrected chi connectivity index (χ4v) is 4.09. The zero-order valence-corrected chi connectivity index (χ0v) is 19.6. The molecule has 0 atom stereocenters. The van der Waals surface area contributed by atoms with Crippen LogP contribution in [-0.2, 0) is 0 Å². The van der Waals surface area contributed by atoms with Gasteiger partial charge in [0.1, 0.15) is 0 Å². The zero-order chi connectivity index (χ0) is 23.3. The number of rotatable bonds is 4. The van der Waals surface area contributed by atoms with Gasteiger partial charge < -0.3 is 9.80 Å². The highest BCUT2D eigenvalue weighted by atomic mass is 15.3. The Kier molecular flexibility index (Phi) is 6.21. The van der Waals surface area contributed by atoms with Gasteiger partial charge in [0.05, 0.1) is 11.4 Å². The Morgan fingerprint density at radius 3 is 1.12 bits per heavy atom. The van der Waals surface area contributed by atoms with Gasteiger partial charge in [0, 0.05) is 27.2 Å². The van der Waals surface area contributed by atoms with Crippen LogP contribution < -0.4 is 0 Å². The molecule has 0 radical (unpaired) electrons. The van der Waals surface area contributed by atoms with Crippen molar-refractivity contribution in [3.63, 3.8) is 0 Å². The first-order valence-corrected chi connectivity index (χ1v) is 11.6. The van der Waals surface area contributed by atoms with Gasteiger partial charge in [-0.25, -0.2) is 9.98 Å². The monoisotopic (exact) mass is 444 g/mol.